The Labute approximate surface area is 130 Å². The summed E-state index contributed by atoms with van der Waals surface area (Å²) < 4.78 is 5.41. The number of benzene rings is 1. The van der Waals surface area contributed by atoms with E-state index in [2.05, 4.69) is 0 Å². The Hall–Kier alpha value is -2.17. The Kier molecular flexibility index (Phi) is 4.64. The molecule has 0 saturated heterocycles. The van der Waals surface area contributed by atoms with E-state index in [1.165, 1.54) is 0 Å². The van der Waals surface area contributed by atoms with Crippen molar-refractivity contribution in [3.63, 3.8) is 0 Å². The molecular weight excluding hydrogens is 282 g/mol. The molecule has 1 unspecified atom stereocenters. The molecule has 1 aliphatic rings. The number of nitro groups is 1. The van der Waals surface area contributed by atoms with Crippen LogP contribution in [0.2, 0.25) is 0 Å². The van der Waals surface area contributed by atoms with Crippen molar-refractivity contribution >= 4 is 11.4 Å². The van der Waals surface area contributed by atoms with Crippen molar-refractivity contribution in [1.29, 1.82) is 0 Å². The van der Waals surface area contributed by atoms with Crippen LogP contribution in [0, 0.1) is 36.8 Å². The van der Waals surface area contributed by atoms with Gasteiger partial charge in [0.15, 0.2) is 5.78 Å². The second-order valence-electron chi connectivity index (χ2n) is 5.89. The van der Waals surface area contributed by atoms with Gasteiger partial charge in [-0.2, -0.15) is 0 Å². The van der Waals surface area contributed by atoms with Crippen LogP contribution < -0.4 is 0 Å². The van der Waals surface area contributed by atoms with Crippen LogP contribution >= 0.6 is 0 Å². The second-order valence-corrected chi connectivity index (χ2v) is 5.89. The summed E-state index contributed by atoms with van der Waals surface area (Å²) in [6.45, 7) is 5.79. The number of hydrogen-bond donors (Lipinski definition) is 0. The summed E-state index contributed by atoms with van der Waals surface area (Å²) in [5, 5.41) is 10.6. The third kappa shape index (κ3) is 3.03. The normalized spacial score (nSPS) is 18.0. The van der Waals surface area contributed by atoms with Crippen LogP contribution in [0.4, 0.5) is 0 Å². The van der Waals surface area contributed by atoms with Crippen molar-refractivity contribution in [2.24, 2.45) is 5.92 Å². The van der Waals surface area contributed by atoms with Crippen molar-refractivity contribution in [3.8, 4) is 0 Å². The van der Waals surface area contributed by atoms with E-state index in [0.717, 1.165) is 22.3 Å². The third-order valence-electron chi connectivity index (χ3n) is 4.16. The Balaban J connectivity index is 2.40. The topological polar surface area (TPSA) is 69.4 Å². The molecule has 1 aromatic rings. The minimum Gasteiger partial charge on any atom is -0.500 e. The van der Waals surface area contributed by atoms with Crippen LogP contribution in [0.3, 0.4) is 0 Å². The van der Waals surface area contributed by atoms with Gasteiger partial charge in [0, 0.05) is 23.7 Å². The predicted octanol–water partition coefficient (Wildman–Crippen LogP) is 3.23. The first-order valence-electron chi connectivity index (χ1n) is 7.36. The summed E-state index contributed by atoms with van der Waals surface area (Å²) in [5.74, 6) is 0.262. The number of aryl methyl sites for hydroxylation is 3. The maximum absolute atomic E-state index is 12.7. The summed E-state index contributed by atoms with van der Waals surface area (Å²) >= 11 is 0. The average molecular weight is 303 g/mol. The van der Waals surface area contributed by atoms with E-state index in [0.29, 0.717) is 17.8 Å². The lowest BCUT2D eigenvalue weighted by atomic mass is 9.90. The quantitative estimate of drug-likeness (QED) is 0.618. The lowest BCUT2D eigenvalue weighted by molar-refractivity contribution is -0.481. The number of rotatable bonds is 5. The molecule has 0 fully saturated rings. The van der Waals surface area contributed by atoms with Crippen LogP contribution in [0.5, 0.6) is 0 Å². The van der Waals surface area contributed by atoms with Crippen LogP contribution in [-0.4, -0.2) is 24.4 Å². The molecule has 22 heavy (non-hydrogen) atoms. The van der Waals surface area contributed by atoms with Gasteiger partial charge in [-0.3, -0.25) is 14.9 Å². The molecule has 2 rings (SSSR count). The molecule has 1 aromatic carbocycles. The van der Waals surface area contributed by atoms with E-state index in [4.69, 9.17) is 4.74 Å². The standard InChI is InChI=1S/C17H21NO4/c1-10-7-11(2)15(12(3)8-10)16-14(22-4)9-13(17(16)19)5-6-18(20)21/h7-8,13H,5-6,9H2,1-4H3. The lowest BCUT2D eigenvalue weighted by Gasteiger charge is -2.13. The van der Waals surface area contributed by atoms with Crippen LogP contribution in [0.25, 0.3) is 5.57 Å². The Morgan fingerprint density at radius 3 is 2.36 bits per heavy atom. The van der Waals surface area contributed by atoms with Crippen molar-refractivity contribution in [2.75, 3.05) is 13.7 Å². The maximum Gasteiger partial charge on any atom is 0.204 e. The highest BCUT2D eigenvalue weighted by atomic mass is 16.6. The van der Waals surface area contributed by atoms with Crippen molar-refractivity contribution in [1.82, 2.24) is 0 Å². The largest absolute Gasteiger partial charge is 0.500 e. The predicted molar refractivity (Wildman–Crippen MR) is 84.2 cm³/mol. The molecule has 0 saturated carbocycles. The van der Waals surface area contributed by atoms with Gasteiger partial charge < -0.3 is 4.74 Å². The van der Waals surface area contributed by atoms with E-state index >= 15 is 0 Å². The number of methoxy groups -OCH3 is 1. The van der Waals surface area contributed by atoms with E-state index in [9.17, 15) is 14.9 Å². The Morgan fingerprint density at radius 2 is 1.86 bits per heavy atom. The summed E-state index contributed by atoms with van der Waals surface area (Å²) in [5.41, 5.74) is 4.73. The number of hydrogen-bond acceptors (Lipinski definition) is 4. The first-order chi connectivity index (χ1) is 10.3. The summed E-state index contributed by atoms with van der Waals surface area (Å²) in [4.78, 5) is 22.9. The number of allylic oxidation sites excluding steroid dienone is 2. The van der Waals surface area contributed by atoms with Gasteiger partial charge in [-0.15, -0.1) is 0 Å². The summed E-state index contributed by atoms with van der Waals surface area (Å²) in [6.07, 6.45) is 0.706. The number of Topliss-reactive ketones (excluding diaryl/α,β-unsaturated/α-hetero) is 1. The van der Waals surface area contributed by atoms with Gasteiger partial charge >= 0.3 is 0 Å². The number of nitrogens with zero attached hydrogens (tertiary/aromatic N) is 1. The monoisotopic (exact) mass is 303 g/mol. The molecule has 1 aliphatic carbocycles. The molecule has 0 aliphatic heterocycles. The highest BCUT2D eigenvalue weighted by Crippen LogP contribution is 2.39. The molecule has 0 N–H and O–H groups in total. The van der Waals surface area contributed by atoms with E-state index in [1.54, 1.807) is 7.11 Å². The van der Waals surface area contributed by atoms with Crippen molar-refractivity contribution in [3.05, 3.63) is 50.3 Å². The van der Waals surface area contributed by atoms with Crippen LogP contribution in [0.1, 0.15) is 35.1 Å². The molecule has 5 nitrogen and oxygen atoms in total. The molecule has 0 radical (unpaired) electrons. The highest BCUT2D eigenvalue weighted by molar-refractivity contribution is 6.25. The van der Waals surface area contributed by atoms with Gasteiger partial charge in [-0.05, 0) is 37.5 Å². The molecule has 0 bridgehead atoms. The fourth-order valence-electron chi connectivity index (χ4n) is 3.28. The van der Waals surface area contributed by atoms with Gasteiger partial charge in [0.25, 0.3) is 0 Å². The third-order valence-corrected chi connectivity index (χ3v) is 4.16. The van der Waals surface area contributed by atoms with E-state index in [-0.39, 0.29) is 29.6 Å². The van der Waals surface area contributed by atoms with Crippen molar-refractivity contribution in [2.45, 2.75) is 33.6 Å². The molecular formula is C17H21NO4. The van der Waals surface area contributed by atoms with Gasteiger partial charge in [-0.1, -0.05) is 17.7 Å². The SMILES string of the molecule is COC1=C(c2c(C)cc(C)cc2C)C(=O)C(CC[N+](=O)[O-])C1. The van der Waals surface area contributed by atoms with Gasteiger partial charge in [-0.25, -0.2) is 0 Å². The van der Waals surface area contributed by atoms with Crippen LogP contribution in [-0.2, 0) is 9.53 Å². The summed E-state index contributed by atoms with van der Waals surface area (Å²) in [7, 11) is 1.55. The first kappa shape index (κ1) is 16.2. The van der Waals surface area contributed by atoms with Gasteiger partial charge in [0.05, 0.1) is 12.7 Å². The number of ether oxygens (including phenoxy) is 1. The molecule has 118 valence electrons. The minimum absolute atomic E-state index is 0.0336. The fraction of sp³-hybridized carbons (Fsp3) is 0.471. The smallest absolute Gasteiger partial charge is 0.204 e. The van der Waals surface area contributed by atoms with Gasteiger partial charge in [0.1, 0.15) is 5.76 Å². The molecule has 0 aromatic heterocycles. The maximum atomic E-state index is 12.7. The zero-order chi connectivity index (χ0) is 16.4. The zero-order valence-electron chi connectivity index (χ0n) is 13.4. The van der Waals surface area contributed by atoms with E-state index < -0.39 is 0 Å². The molecule has 0 spiro atoms. The second kappa shape index (κ2) is 6.30. The molecule has 5 heteroatoms. The van der Waals surface area contributed by atoms with E-state index in [1.807, 2.05) is 32.9 Å². The Bertz CT molecular complexity index is 638. The van der Waals surface area contributed by atoms with Crippen molar-refractivity contribution < 1.29 is 14.5 Å². The average Bonchev–Trinajstić information content (AvgIpc) is 2.72. The molecule has 0 heterocycles. The summed E-state index contributed by atoms with van der Waals surface area (Å²) in [6, 6.07) is 4.08. The van der Waals surface area contributed by atoms with Crippen LogP contribution in [0.15, 0.2) is 17.9 Å². The number of carbonyl (C=O) groups excluding carboxylic acids is 1. The van der Waals surface area contributed by atoms with Gasteiger partial charge in [0.2, 0.25) is 6.54 Å². The fourth-order valence-corrected chi connectivity index (χ4v) is 3.28. The minimum atomic E-state index is -0.375. The zero-order valence-corrected chi connectivity index (χ0v) is 13.4. The number of carbonyl (C=O) groups is 1. The first-order valence-corrected chi connectivity index (χ1v) is 7.36. The highest BCUT2D eigenvalue weighted by Gasteiger charge is 2.36. The lowest BCUT2D eigenvalue weighted by Crippen LogP contribution is -2.15. The molecule has 0 amide bonds. The Morgan fingerprint density at radius 1 is 1.27 bits per heavy atom. The number of ketones is 1. The molecule has 1 atom stereocenters.